The minimum atomic E-state index is -4.63. The van der Waals surface area contributed by atoms with Crippen LogP contribution < -0.4 is 15.4 Å². The van der Waals surface area contributed by atoms with Crippen LogP contribution in [0.4, 0.5) is 13.2 Å². The van der Waals surface area contributed by atoms with E-state index in [2.05, 4.69) is 10.6 Å². The second-order valence-corrected chi connectivity index (χ2v) is 12.6. The van der Waals surface area contributed by atoms with Crippen molar-refractivity contribution in [3.8, 4) is 11.8 Å². The van der Waals surface area contributed by atoms with Crippen molar-refractivity contribution in [2.75, 3.05) is 52.9 Å². The van der Waals surface area contributed by atoms with E-state index >= 15 is 0 Å². The van der Waals surface area contributed by atoms with Gasteiger partial charge >= 0.3 is 6.18 Å². The molecule has 2 atom stereocenters. The fourth-order valence-electron chi connectivity index (χ4n) is 6.10. The summed E-state index contributed by atoms with van der Waals surface area (Å²) in [6, 6.07) is 18.3. The van der Waals surface area contributed by atoms with E-state index in [4.69, 9.17) is 33.2 Å². The summed E-state index contributed by atoms with van der Waals surface area (Å²) in [5.41, 5.74) is -0.853. The number of carbonyl (C=O) groups excluding carboxylic acids is 2. The number of piperazine rings is 1. The van der Waals surface area contributed by atoms with Crippen LogP contribution in [0.1, 0.15) is 41.3 Å². The minimum Gasteiger partial charge on any atom is -0.493 e. The number of rotatable bonds is 9. The van der Waals surface area contributed by atoms with E-state index in [1.165, 1.54) is 11.0 Å². The Kier molecular flexibility index (Phi) is 10.9. The molecular formula is C34H35Cl2F3N6O3. The molecule has 3 aromatic carbocycles. The van der Waals surface area contributed by atoms with Crippen molar-refractivity contribution in [2.24, 2.45) is 0 Å². The second kappa shape index (κ2) is 14.7. The van der Waals surface area contributed by atoms with Gasteiger partial charge in [-0.15, -0.1) is 0 Å². The number of halogens is 5. The molecule has 3 aromatic rings. The van der Waals surface area contributed by atoms with Crippen LogP contribution in [0.3, 0.4) is 0 Å². The van der Waals surface area contributed by atoms with Crippen molar-refractivity contribution in [2.45, 2.75) is 30.8 Å². The molecule has 2 aliphatic rings. The number of alkyl halides is 3. The van der Waals surface area contributed by atoms with Gasteiger partial charge in [0.05, 0.1) is 36.9 Å². The molecule has 0 saturated carbocycles. The predicted molar refractivity (Wildman–Crippen MR) is 175 cm³/mol. The highest BCUT2D eigenvalue weighted by Crippen LogP contribution is 2.46. The first-order valence-corrected chi connectivity index (χ1v) is 16.2. The Morgan fingerprint density at radius 2 is 1.50 bits per heavy atom. The fraction of sp³-hybridized carbons (Fsp3) is 0.382. The van der Waals surface area contributed by atoms with Crippen molar-refractivity contribution in [1.29, 1.82) is 5.26 Å². The Labute approximate surface area is 287 Å². The zero-order chi connectivity index (χ0) is 34.6. The second-order valence-electron chi connectivity index (χ2n) is 11.7. The first kappa shape index (κ1) is 35.4. The van der Waals surface area contributed by atoms with Gasteiger partial charge in [-0.25, -0.2) is 0 Å². The predicted octanol–water partition coefficient (Wildman–Crippen LogP) is 5.37. The lowest BCUT2D eigenvalue weighted by Gasteiger charge is -2.40. The van der Waals surface area contributed by atoms with Crippen LogP contribution in [0.15, 0.2) is 66.7 Å². The Balaban J connectivity index is 1.57. The van der Waals surface area contributed by atoms with Crippen molar-refractivity contribution in [1.82, 2.24) is 25.3 Å². The number of nitrogens with zero attached hydrogens (tertiary/aromatic N) is 4. The summed E-state index contributed by atoms with van der Waals surface area (Å²) >= 11 is 12.4. The molecule has 2 heterocycles. The molecule has 2 saturated heterocycles. The maximum atomic E-state index is 14.9. The molecule has 254 valence electrons. The first-order chi connectivity index (χ1) is 22.9. The number of hydrogen-bond donors (Lipinski definition) is 2. The number of likely N-dealkylation sites (N-methyl/N-ethyl adjacent to an activating group) is 1. The third-order valence-corrected chi connectivity index (χ3v) is 9.13. The highest BCUT2D eigenvalue weighted by Gasteiger charge is 2.55. The Bertz CT molecular complexity index is 1610. The minimum absolute atomic E-state index is 0.0317. The smallest absolute Gasteiger partial charge is 0.416 e. The van der Waals surface area contributed by atoms with Crippen LogP contribution in [0, 0.1) is 11.3 Å². The monoisotopic (exact) mass is 702 g/mol. The number of nitrogens with one attached hydrogen (secondary N) is 2. The molecule has 2 N–H and O–H groups in total. The first-order valence-electron chi connectivity index (χ1n) is 15.4. The largest absolute Gasteiger partial charge is 0.493 e. The molecule has 0 bridgehead atoms. The van der Waals surface area contributed by atoms with Gasteiger partial charge in [0.2, 0.25) is 5.91 Å². The summed E-state index contributed by atoms with van der Waals surface area (Å²) in [6.07, 6.45) is -4.63. The standard InChI is InChI=1S/C34H35Cl2F3N6O3/c1-3-48-28-20-24(34(37,38)39)8-13-27(28)33(32(47)45-18-16-44(17-19-45)21-29(46)43(2)15-14-40)41-30(22-4-9-25(35)10-5-22)31(42-33)23-6-11-26(36)12-7-23/h4-13,20,30-31,41-42H,3,15-19,21H2,1-2H3. The zero-order valence-electron chi connectivity index (χ0n) is 26.4. The lowest BCUT2D eigenvalue weighted by atomic mass is 9.94. The molecule has 2 amide bonds. The number of carbonyl (C=O) groups is 2. The summed E-state index contributed by atoms with van der Waals surface area (Å²) in [6.45, 7) is 3.04. The molecule has 48 heavy (non-hydrogen) atoms. The van der Waals surface area contributed by atoms with Crippen LogP contribution in [-0.2, 0) is 21.4 Å². The molecule has 2 fully saturated rings. The maximum absolute atomic E-state index is 14.9. The van der Waals surface area contributed by atoms with Crippen molar-refractivity contribution in [3.63, 3.8) is 0 Å². The summed E-state index contributed by atoms with van der Waals surface area (Å²) in [4.78, 5) is 32.3. The Hall–Kier alpha value is -3.86. The number of amides is 2. The quantitative estimate of drug-likeness (QED) is 0.290. The van der Waals surface area contributed by atoms with Crippen molar-refractivity contribution >= 4 is 35.0 Å². The van der Waals surface area contributed by atoms with Crippen LogP contribution in [0.25, 0.3) is 0 Å². The van der Waals surface area contributed by atoms with Gasteiger partial charge in [-0.2, -0.15) is 18.4 Å². The number of ether oxygens (including phenoxy) is 1. The van der Waals surface area contributed by atoms with Gasteiger partial charge in [0.1, 0.15) is 12.3 Å². The molecule has 5 rings (SSSR count). The molecule has 0 aliphatic carbocycles. The van der Waals surface area contributed by atoms with Crippen molar-refractivity contribution < 1.29 is 27.5 Å². The van der Waals surface area contributed by atoms with E-state index in [1.807, 2.05) is 35.2 Å². The Morgan fingerprint density at radius 3 is 1.98 bits per heavy atom. The molecule has 0 radical (unpaired) electrons. The lowest BCUT2D eigenvalue weighted by Crippen LogP contribution is -2.62. The topological polar surface area (TPSA) is 101 Å². The summed E-state index contributed by atoms with van der Waals surface area (Å²) in [5.74, 6) is -0.710. The molecule has 0 spiro atoms. The van der Waals surface area contributed by atoms with Gasteiger partial charge in [-0.3, -0.25) is 25.1 Å². The molecule has 2 unspecified atom stereocenters. The number of nitriles is 1. The number of benzene rings is 3. The molecular weight excluding hydrogens is 668 g/mol. The zero-order valence-corrected chi connectivity index (χ0v) is 27.9. The van der Waals surface area contributed by atoms with Crippen LogP contribution in [-0.4, -0.2) is 79.4 Å². The van der Waals surface area contributed by atoms with Crippen LogP contribution >= 0.6 is 23.2 Å². The van der Waals surface area contributed by atoms with Crippen molar-refractivity contribution in [3.05, 3.63) is 99.0 Å². The summed E-state index contributed by atoms with van der Waals surface area (Å²) < 4.78 is 47.5. The third-order valence-electron chi connectivity index (χ3n) is 8.62. The van der Waals surface area contributed by atoms with Crippen LogP contribution in [0.2, 0.25) is 10.0 Å². The highest BCUT2D eigenvalue weighted by molar-refractivity contribution is 6.30. The van der Waals surface area contributed by atoms with Gasteiger partial charge in [-0.1, -0.05) is 53.5 Å². The molecule has 14 heteroatoms. The summed E-state index contributed by atoms with van der Waals surface area (Å²) in [5, 5.41) is 17.0. The number of hydrogen-bond acceptors (Lipinski definition) is 7. The Morgan fingerprint density at radius 1 is 0.958 bits per heavy atom. The highest BCUT2D eigenvalue weighted by atomic mass is 35.5. The fourth-order valence-corrected chi connectivity index (χ4v) is 6.35. The van der Waals surface area contributed by atoms with E-state index in [-0.39, 0.29) is 50.0 Å². The SMILES string of the molecule is CCOc1cc(C(F)(F)F)ccc1C1(C(=O)N2CCN(CC(=O)N(C)CC#N)CC2)NC(c2ccc(Cl)cc2)C(c2ccc(Cl)cc2)N1. The van der Waals surface area contributed by atoms with E-state index < -0.39 is 35.4 Å². The average molecular weight is 704 g/mol. The average Bonchev–Trinajstić information content (AvgIpc) is 3.47. The maximum Gasteiger partial charge on any atom is 0.416 e. The van der Waals surface area contributed by atoms with Gasteiger partial charge in [-0.05, 0) is 54.4 Å². The molecule has 9 nitrogen and oxygen atoms in total. The molecule has 0 aromatic heterocycles. The third kappa shape index (κ3) is 7.56. The van der Waals surface area contributed by atoms with Crippen LogP contribution in [0.5, 0.6) is 5.75 Å². The van der Waals surface area contributed by atoms with Gasteiger partial charge in [0, 0.05) is 48.8 Å². The molecule has 2 aliphatic heterocycles. The summed E-state index contributed by atoms with van der Waals surface area (Å²) in [7, 11) is 1.56. The van der Waals surface area contributed by atoms with Gasteiger partial charge in [0.15, 0.2) is 5.66 Å². The van der Waals surface area contributed by atoms with Gasteiger partial charge in [0.25, 0.3) is 5.91 Å². The van der Waals surface area contributed by atoms with E-state index in [0.717, 1.165) is 23.3 Å². The lowest BCUT2D eigenvalue weighted by molar-refractivity contribution is -0.142. The normalized spacial score (nSPS) is 21.5. The van der Waals surface area contributed by atoms with E-state index in [0.29, 0.717) is 23.1 Å². The van der Waals surface area contributed by atoms with Gasteiger partial charge < -0.3 is 14.5 Å². The van der Waals surface area contributed by atoms with E-state index in [9.17, 15) is 22.8 Å². The van der Waals surface area contributed by atoms with E-state index in [1.54, 1.807) is 43.1 Å².